The summed E-state index contributed by atoms with van der Waals surface area (Å²) >= 11 is 12.1. The van der Waals surface area contributed by atoms with Gasteiger partial charge in [-0.25, -0.2) is 0 Å². The van der Waals surface area contributed by atoms with Crippen LogP contribution in [0.4, 0.5) is 0 Å². The number of likely N-dealkylation sites (N-methyl/N-ethyl adjacent to an activating group) is 1. The topological polar surface area (TPSA) is 49.8 Å². The Morgan fingerprint density at radius 2 is 2.05 bits per heavy atom. The number of fused-ring (bicyclic) bond motifs is 2. The summed E-state index contributed by atoms with van der Waals surface area (Å²) in [5.74, 6) is -0.709. The van der Waals surface area contributed by atoms with Crippen molar-refractivity contribution in [3.63, 3.8) is 0 Å². The lowest BCUT2D eigenvalue weighted by molar-refractivity contribution is -0.151. The fourth-order valence-electron chi connectivity index (χ4n) is 4.06. The van der Waals surface area contributed by atoms with Crippen LogP contribution >= 0.6 is 23.2 Å². The first-order valence-electron chi connectivity index (χ1n) is 7.36. The Hall–Kier alpha value is -0.810. The Kier molecular flexibility index (Phi) is 4.38. The molecular weight excluding hydrogens is 325 g/mol. The molecule has 0 amide bonds. The maximum atomic E-state index is 12.4. The summed E-state index contributed by atoms with van der Waals surface area (Å²) in [5, 5.41) is 11.3. The largest absolute Gasteiger partial charge is 0.469 e. The Labute approximate surface area is 140 Å². The van der Waals surface area contributed by atoms with Gasteiger partial charge >= 0.3 is 5.97 Å². The number of benzene rings is 1. The van der Waals surface area contributed by atoms with Crippen molar-refractivity contribution in [3.8, 4) is 0 Å². The van der Waals surface area contributed by atoms with E-state index in [0.29, 0.717) is 16.5 Å². The molecule has 0 aromatic heterocycles. The second kappa shape index (κ2) is 6.00. The molecule has 0 unspecified atom stereocenters. The standard InChI is InChI=1S/C16H19Cl2NO3/c1-19-9-6-10(8-3-4-11(17)12(18)5-8)14(16(21)22-2)15(19)13(20)7-9/h3-5,9-10,13-15,20H,6-7H2,1-2H3/t9-,10+,13-,14+,15-/m1/s1. The third kappa shape index (κ3) is 2.52. The minimum Gasteiger partial charge on any atom is -0.469 e. The van der Waals surface area contributed by atoms with Gasteiger partial charge in [-0.05, 0) is 37.6 Å². The molecule has 2 saturated heterocycles. The Bertz CT molecular complexity index is 595. The summed E-state index contributed by atoms with van der Waals surface area (Å²) in [5.41, 5.74) is 0.974. The molecule has 120 valence electrons. The lowest BCUT2D eigenvalue weighted by Crippen LogP contribution is -2.51. The number of nitrogens with zero attached hydrogens (tertiary/aromatic N) is 1. The molecule has 1 aromatic carbocycles. The molecule has 6 heteroatoms. The zero-order valence-corrected chi connectivity index (χ0v) is 14.0. The number of carbonyl (C=O) groups is 1. The zero-order valence-electron chi connectivity index (χ0n) is 12.5. The maximum Gasteiger partial charge on any atom is 0.310 e. The molecular formula is C16H19Cl2NO3. The smallest absolute Gasteiger partial charge is 0.310 e. The second-order valence-electron chi connectivity index (χ2n) is 6.18. The molecule has 4 nitrogen and oxygen atoms in total. The monoisotopic (exact) mass is 343 g/mol. The van der Waals surface area contributed by atoms with E-state index >= 15 is 0 Å². The van der Waals surface area contributed by atoms with Gasteiger partial charge in [-0.15, -0.1) is 0 Å². The number of aliphatic hydroxyl groups is 1. The average molecular weight is 344 g/mol. The predicted molar refractivity (Wildman–Crippen MR) is 85.3 cm³/mol. The highest BCUT2D eigenvalue weighted by molar-refractivity contribution is 6.42. The zero-order chi connectivity index (χ0) is 16.0. The number of piperidine rings is 1. The van der Waals surface area contributed by atoms with Crippen LogP contribution in [-0.4, -0.2) is 48.3 Å². The molecule has 1 aromatic rings. The molecule has 22 heavy (non-hydrogen) atoms. The number of carbonyl (C=O) groups excluding carboxylic acids is 1. The summed E-state index contributed by atoms with van der Waals surface area (Å²) in [4.78, 5) is 14.5. The SMILES string of the molecule is COC(=O)[C@@H]1[C@H]2[C@H](O)C[C@@H](C[C@H]1c1ccc(Cl)c(Cl)c1)N2C. The average Bonchev–Trinajstić information content (AvgIpc) is 2.68. The van der Waals surface area contributed by atoms with Crippen LogP contribution in [0.3, 0.4) is 0 Å². The van der Waals surface area contributed by atoms with E-state index in [4.69, 9.17) is 27.9 Å². The molecule has 2 aliphatic rings. The number of hydrogen-bond acceptors (Lipinski definition) is 4. The Balaban J connectivity index is 2.01. The highest BCUT2D eigenvalue weighted by Crippen LogP contribution is 2.47. The normalized spacial score (nSPS) is 34.7. The van der Waals surface area contributed by atoms with E-state index < -0.39 is 12.0 Å². The maximum absolute atomic E-state index is 12.4. The van der Waals surface area contributed by atoms with E-state index in [2.05, 4.69) is 4.90 Å². The van der Waals surface area contributed by atoms with E-state index in [0.717, 1.165) is 12.0 Å². The number of hydrogen-bond donors (Lipinski definition) is 1. The molecule has 0 saturated carbocycles. The highest BCUT2D eigenvalue weighted by atomic mass is 35.5. The van der Waals surface area contributed by atoms with Gasteiger partial charge in [0.15, 0.2) is 0 Å². The van der Waals surface area contributed by atoms with Gasteiger partial charge in [-0.3, -0.25) is 9.69 Å². The van der Waals surface area contributed by atoms with Crippen molar-refractivity contribution < 1.29 is 14.6 Å². The van der Waals surface area contributed by atoms with Gasteiger partial charge < -0.3 is 9.84 Å². The predicted octanol–water partition coefficient (Wildman–Crippen LogP) is 2.70. The molecule has 0 spiro atoms. The van der Waals surface area contributed by atoms with Crippen molar-refractivity contribution in [2.45, 2.75) is 36.9 Å². The van der Waals surface area contributed by atoms with Crippen molar-refractivity contribution in [1.29, 1.82) is 0 Å². The molecule has 2 aliphatic heterocycles. The minimum absolute atomic E-state index is 0.0226. The molecule has 1 N–H and O–H groups in total. The van der Waals surface area contributed by atoms with Gasteiger partial charge in [0.1, 0.15) is 0 Å². The van der Waals surface area contributed by atoms with Crippen LogP contribution in [-0.2, 0) is 9.53 Å². The lowest BCUT2D eigenvalue weighted by atomic mass is 9.76. The summed E-state index contributed by atoms with van der Waals surface area (Å²) in [6.45, 7) is 0. The van der Waals surface area contributed by atoms with Crippen LogP contribution in [0.25, 0.3) is 0 Å². The fraction of sp³-hybridized carbons (Fsp3) is 0.562. The number of rotatable bonds is 2. The summed E-state index contributed by atoms with van der Waals surface area (Å²) in [6.07, 6.45) is 0.973. The van der Waals surface area contributed by atoms with Crippen LogP contribution < -0.4 is 0 Å². The number of halogens is 2. The van der Waals surface area contributed by atoms with Crippen molar-refractivity contribution in [2.24, 2.45) is 5.92 Å². The first-order valence-corrected chi connectivity index (χ1v) is 8.12. The number of ether oxygens (including phenoxy) is 1. The quantitative estimate of drug-likeness (QED) is 0.838. The second-order valence-corrected chi connectivity index (χ2v) is 6.99. The third-order valence-corrected chi connectivity index (χ3v) is 5.87. The molecule has 2 bridgehead atoms. The minimum atomic E-state index is -0.508. The Morgan fingerprint density at radius 3 is 2.68 bits per heavy atom. The third-order valence-electron chi connectivity index (χ3n) is 5.13. The van der Waals surface area contributed by atoms with Gasteiger partial charge in [-0.1, -0.05) is 29.3 Å². The summed E-state index contributed by atoms with van der Waals surface area (Å²) < 4.78 is 5.01. The van der Waals surface area contributed by atoms with E-state index in [1.807, 2.05) is 19.2 Å². The first-order chi connectivity index (χ1) is 10.4. The number of methoxy groups -OCH3 is 1. The van der Waals surface area contributed by atoms with Gasteiger partial charge in [0.25, 0.3) is 0 Å². The van der Waals surface area contributed by atoms with Crippen LogP contribution in [0, 0.1) is 5.92 Å². The number of esters is 1. The number of aliphatic hydroxyl groups excluding tert-OH is 1. The van der Waals surface area contributed by atoms with Crippen molar-refractivity contribution in [3.05, 3.63) is 33.8 Å². The molecule has 0 radical (unpaired) electrons. The molecule has 2 heterocycles. The summed E-state index contributed by atoms with van der Waals surface area (Å²) in [6, 6.07) is 5.53. The van der Waals surface area contributed by atoms with Crippen LogP contribution in [0.1, 0.15) is 24.3 Å². The van der Waals surface area contributed by atoms with Gasteiger partial charge in [0.05, 0.1) is 29.2 Å². The molecule has 5 atom stereocenters. The fourth-order valence-corrected chi connectivity index (χ4v) is 4.36. The molecule has 3 rings (SSSR count). The van der Waals surface area contributed by atoms with Gasteiger partial charge in [0.2, 0.25) is 0 Å². The van der Waals surface area contributed by atoms with Crippen LogP contribution in [0.5, 0.6) is 0 Å². The van der Waals surface area contributed by atoms with Crippen molar-refractivity contribution in [2.75, 3.05) is 14.2 Å². The molecule has 2 fully saturated rings. The van der Waals surface area contributed by atoms with Gasteiger partial charge in [0, 0.05) is 18.0 Å². The highest BCUT2D eigenvalue weighted by Gasteiger charge is 2.53. The lowest BCUT2D eigenvalue weighted by Gasteiger charge is -2.42. The van der Waals surface area contributed by atoms with E-state index in [1.54, 1.807) is 6.07 Å². The Morgan fingerprint density at radius 1 is 1.32 bits per heavy atom. The van der Waals surface area contributed by atoms with Crippen molar-refractivity contribution >= 4 is 29.2 Å². The van der Waals surface area contributed by atoms with E-state index in [1.165, 1.54) is 7.11 Å². The van der Waals surface area contributed by atoms with Gasteiger partial charge in [-0.2, -0.15) is 0 Å². The first kappa shape index (κ1) is 16.1. The summed E-state index contributed by atoms with van der Waals surface area (Å²) in [7, 11) is 3.36. The van der Waals surface area contributed by atoms with Crippen LogP contribution in [0.2, 0.25) is 10.0 Å². The van der Waals surface area contributed by atoms with E-state index in [-0.39, 0.29) is 24.0 Å². The molecule has 0 aliphatic carbocycles. The van der Waals surface area contributed by atoms with Crippen LogP contribution in [0.15, 0.2) is 18.2 Å². The van der Waals surface area contributed by atoms with Crippen molar-refractivity contribution in [1.82, 2.24) is 4.90 Å². The van der Waals surface area contributed by atoms with E-state index in [9.17, 15) is 9.90 Å².